The van der Waals surface area contributed by atoms with Gasteiger partial charge in [0.05, 0.1) is 12.2 Å². The summed E-state index contributed by atoms with van der Waals surface area (Å²) in [7, 11) is 0. The molecule has 1 aliphatic rings. The summed E-state index contributed by atoms with van der Waals surface area (Å²) in [6.45, 7) is 7.44. The average molecular weight is 366 g/mol. The highest BCUT2D eigenvalue weighted by atomic mass is 16.5. The molecule has 0 aromatic heterocycles. The van der Waals surface area contributed by atoms with Gasteiger partial charge in [0.1, 0.15) is 5.75 Å². The summed E-state index contributed by atoms with van der Waals surface area (Å²) >= 11 is 0. The van der Waals surface area contributed by atoms with Crippen molar-refractivity contribution >= 4 is 17.5 Å². The first-order chi connectivity index (χ1) is 12.9. The minimum atomic E-state index is -0.0677. The smallest absolute Gasteiger partial charge is 0.265 e. The van der Waals surface area contributed by atoms with Crippen LogP contribution in [0, 0.1) is 12.8 Å². The number of hydrogen-bond donors (Lipinski definition) is 1. The Bertz CT molecular complexity index is 828. The number of fused-ring (bicyclic) bond motifs is 1. The first-order valence-corrected chi connectivity index (χ1v) is 9.35. The lowest BCUT2D eigenvalue weighted by Crippen LogP contribution is -2.38. The molecule has 2 aromatic rings. The van der Waals surface area contributed by atoms with E-state index >= 15 is 0 Å². The Morgan fingerprint density at radius 3 is 2.63 bits per heavy atom. The molecule has 0 saturated heterocycles. The molecule has 1 heterocycles. The van der Waals surface area contributed by atoms with Crippen LogP contribution in [0.15, 0.2) is 42.5 Å². The minimum absolute atomic E-state index is 0.0484. The van der Waals surface area contributed by atoms with E-state index in [-0.39, 0.29) is 18.4 Å². The molecular formula is C22H26N2O3. The van der Waals surface area contributed by atoms with E-state index in [1.165, 1.54) is 0 Å². The van der Waals surface area contributed by atoms with Crippen molar-refractivity contribution in [2.75, 3.05) is 18.1 Å². The van der Waals surface area contributed by atoms with E-state index in [2.05, 4.69) is 19.2 Å². The van der Waals surface area contributed by atoms with E-state index in [0.717, 1.165) is 29.0 Å². The third-order valence-electron chi connectivity index (χ3n) is 4.62. The molecule has 1 N–H and O–H groups in total. The molecular weight excluding hydrogens is 340 g/mol. The third kappa shape index (κ3) is 4.67. The molecule has 0 bridgehead atoms. The number of carbonyl (C=O) groups is 2. The molecule has 0 spiro atoms. The lowest BCUT2D eigenvalue weighted by molar-refractivity contribution is -0.121. The maximum atomic E-state index is 12.3. The molecule has 5 nitrogen and oxygen atoms in total. The van der Waals surface area contributed by atoms with Gasteiger partial charge in [0.15, 0.2) is 6.61 Å². The summed E-state index contributed by atoms with van der Waals surface area (Å²) in [6.07, 6.45) is 0.960. The number of benzene rings is 2. The highest BCUT2D eigenvalue weighted by Crippen LogP contribution is 2.33. The topological polar surface area (TPSA) is 58.6 Å². The van der Waals surface area contributed by atoms with Gasteiger partial charge < -0.3 is 15.0 Å². The summed E-state index contributed by atoms with van der Waals surface area (Å²) in [5, 5.41) is 2.94. The minimum Gasteiger partial charge on any atom is -0.482 e. The molecule has 2 amide bonds. The third-order valence-corrected chi connectivity index (χ3v) is 4.62. The second kappa shape index (κ2) is 8.25. The van der Waals surface area contributed by atoms with Crippen LogP contribution in [0.3, 0.4) is 0 Å². The van der Waals surface area contributed by atoms with Crippen LogP contribution in [-0.2, 0) is 11.3 Å². The second-order valence-corrected chi connectivity index (χ2v) is 7.38. The van der Waals surface area contributed by atoms with Gasteiger partial charge in [0, 0.05) is 12.1 Å². The van der Waals surface area contributed by atoms with Crippen LogP contribution in [0.2, 0.25) is 0 Å². The van der Waals surface area contributed by atoms with Gasteiger partial charge in [-0.15, -0.1) is 0 Å². The number of amides is 2. The van der Waals surface area contributed by atoms with Crippen LogP contribution in [0.5, 0.6) is 5.75 Å². The second-order valence-electron chi connectivity index (χ2n) is 7.38. The standard InChI is InChI=1S/C22H26N2O3/c1-15(2)10-11-23-22(26)18-7-5-17(6-8-18)13-24-19-9-4-16(3)12-20(19)27-14-21(24)25/h4-9,12,15H,10-11,13-14H2,1-3H3,(H,23,26). The van der Waals surface area contributed by atoms with Crippen molar-refractivity contribution in [2.45, 2.75) is 33.7 Å². The summed E-state index contributed by atoms with van der Waals surface area (Å²) in [5.74, 6) is 1.16. The van der Waals surface area contributed by atoms with Gasteiger partial charge in [0.2, 0.25) is 0 Å². The van der Waals surface area contributed by atoms with E-state index in [4.69, 9.17) is 4.74 Å². The maximum Gasteiger partial charge on any atom is 0.265 e. The molecule has 27 heavy (non-hydrogen) atoms. The molecule has 0 saturated carbocycles. The summed E-state index contributed by atoms with van der Waals surface area (Å²) < 4.78 is 5.55. The molecule has 0 fully saturated rings. The van der Waals surface area contributed by atoms with Gasteiger partial charge in [-0.3, -0.25) is 9.59 Å². The summed E-state index contributed by atoms with van der Waals surface area (Å²) in [4.78, 5) is 26.2. The van der Waals surface area contributed by atoms with Gasteiger partial charge in [-0.1, -0.05) is 32.0 Å². The zero-order valence-corrected chi connectivity index (χ0v) is 16.1. The predicted molar refractivity (Wildman–Crippen MR) is 106 cm³/mol. The van der Waals surface area contributed by atoms with E-state index in [0.29, 0.717) is 24.6 Å². The van der Waals surface area contributed by atoms with Crippen molar-refractivity contribution < 1.29 is 14.3 Å². The van der Waals surface area contributed by atoms with Crippen LogP contribution in [-0.4, -0.2) is 25.0 Å². The van der Waals surface area contributed by atoms with E-state index in [9.17, 15) is 9.59 Å². The van der Waals surface area contributed by atoms with Crippen molar-refractivity contribution in [3.05, 3.63) is 59.2 Å². The van der Waals surface area contributed by atoms with Crippen molar-refractivity contribution in [3.8, 4) is 5.75 Å². The Morgan fingerprint density at radius 2 is 1.93 bits per heavy atom. The molecule has 142 valence electrons. The lowest BCUT2D eigenvalue weighted by Gasteiger charge is -2.29. The van der Waals surface area contributed by atoms with Crippen molar-refractivity contribution in [1.82, 2.24) is 5.32 Å². The molecule has 1 aliphatic heterocycles. The molecule has 0 atom stereocenters. The first kappa shape index (κ1) is 19.0. The highest BCUT2D eigenvalue weighted by Gasteiger charge is 2.25. The number of aryl methyl sites for hydroxylation is 1. The zero-order valence-electron chi connectivity index (χ0n) is 16.1. The molecule has 2 aromatic carbocycles. The van der Waals surface area contributed by atoms with Gasteiger partial charge in [0.25, 0.3) is 11.8 Å². The quantitative estimate of drug-likeness (QED) is 0.848. The Morgan fingerprint density at radius 1 is 1.19 bits per heavy atom. The van der Waals surface area contributed by atoms with Crippen molar-refractivity contribution in [1.29, 1.82) is 0 Å². The number of hydrogen-bond acceptors (Lipinski definition) is 3. The van der Waals surface area contributed by atoms with Crippen molar-refractivity contribution in [2.24, 2.45) is 5.92 Å². The monoisotopic (exact) mass is 366 g/mol. The zero-order chi connectivity index (χ0) is 19.4. The fraction of sp³-hybridized carbons (Fsp3) is 0.364. The Labute approximate surface area is 160 Å². The molecule has 0 radical (unpaired) electrons. The van der Waals surface area contributed by atoms with Gasteiger partial charge in [-0.2, -0.15) is 0 Å². The van der Waals surface area contributed by atoms with Gasteiger partial charge >= 0.3 is 0 Å². The molecule has 0 unspecified atom stereocenters. The number of nitrogens with one attached hydrogen (secondary N) is 1. The van der Waals surface area contributed by atoms with Crippen LogP contribution >= 0.6 is 0 Å². The Hall–Kier alpha value is -2.82. The highest BCUT2D eigenvalue weighted by molar-refractivity contribution is 5.98. The van der Waals surface area contributed by atoms with Crippen LogP contribution in [0.4, 0.5) is 5.69 Å². The number of anilines is 1. The molecule has 3 rings (SSSR count). The van der Waals surface area contributed by atoms with Gasteiger partial charge in [-0.05, 0) is 54.7 Å². The molecule has 0 aliphatic carbocycles. The largest absolute Gasteiger partial charge is 0.482 e. The summed E-state index contributed by atoms with van der Waals surface area (Å²) in [5.41, 5.74) is 3.48. The Balaban J connectivity index is 1.68. The number of carbonyl (C=O) groups excluding carboxylic acids is 2. The fourth-order valence-electron chi connectivity index (χ4n) is 3.01. The van der Waals surface area contributed by atoms with E-state index in [1.54, 1.807) is 17.0 Å². The van der Waals surface area contributed by atoms with Crippen LogP contribution in [0.1, 0.15) is 41.8 Å². The molecule has 5 heteroatoms. The Kier molecular flexibility index (Phi) is 5.79. The van der Waals surface area contributed by atoms with E-state index < -0.39 is 0 Å². The predicted octanol–water partition coefficient (Wildman–Crippen LogP) is 3.70. The lowest BCUT2D eigenvalue weighted by atomic mass is 10.1. The number of nitrogens with zero attached hydrogens (tertiary/aromatic N) is 1. The fourth-order valence-corrected chi connectivity index (χ4v) is 3.01. The first-order valence-electron chi connectivity index (χ1n) is 9.35. The normalized spacial score (nSPS) is 13.3. The SMILES string of the molecule is Cc1ccc2c(c1)OCC(=O)N2Cc1ccc(C(=O)NCCC(C)C)cc1. The van der Waals surface area contributed by atoms with Crippen LogP contribution < -0.4 is 15.0 Å². The van der Waals surface area contributed by atoms with Crippen molar-refractivity contribution in [3.63, 3.8) is 0 Å². The number of ether oxygens (including phenoxy) is 1. The van der Waals surface area contributed by atoms with Gasteiger partial charge in [-0.25, -0.2) is 0 Å². The van der Waals surface area contributed by atoms with E-state index in [1.807, 2.05) is 37.3 Å². The average Bonchev–Trinajstić information content (AvgIpc) is 2.64. The number of rotatable bonds is 6. The van der Waals surface area contributed by atoms with Crippen LogP contribution in [0.25, 0.3) is 0 Å². The maximum absolute atomic E-state index is 12.3. The summed E-state index contributed by atoms with van der Waals surface area (Å²) in [6, 6.07) is 13.2.